The third-order valence-corrected chi connectivity index (χ3v) is 7.11. The minimum Gasteiger partial charge on any atom is -0.357 e. The van der Waals surface area contributed by atoms with Crippen molar-refractivity contribution in [1.29, 1.82) is 0 Å². The number of anilines is 2. The fraction of sp³-hybridized carbons (Fsp3) is 0.125. The van der Waals surface area contributed by atoms with Gasteiger partial charge in [-0.05, 0) is 47.7 Å². The van der Waals surface area contributed by atoms with Gasteiger partial charge in [0.05, 0.1) is 17.4 Å². The smallest absolute Gasteiger partial charge is 0.259 e. The lowest BCUT2D eigenvalue weighted by molar-refractivity contribution is -0.116. The second-order valence-corrected chi connectivity index (χ2v) is 9.33. The average molecular weight is 471 g/mol. The second-order valence-electron chi connectivity index (χ2n) is 9.33. The number of nitrogens with one attached hydrogen (secondary N) is 1. The Morgan fingerprint density at radius 1 is 0.694 bits per heavy atom. The molecule has 176 valence electrons. The van der Waals surface area contributed by atoms with Gasteiger partial charge in [0.25, 0.3) is 5.91 Å². The van der Waals surface area contributed by atoms with Gasteiger partial charge >= 0.3 is 0 Å². The van der Waals surface area contributed by atoms with Crippen LogP contribution in [0.15, 0.2) is 127 Å². The molecule has 2 atom stereocenters. The van der Waals surface area contributed by atoms with Crippen LogP contribution in [-0.4, -0.2) is 11.7 Å². The lowest BCUT2D eigenvalue weighted by atomic mass is 9.78. The normalized spacial score (nSPS) is 19.1. The number of fused-ring (bicyclic) bond motifs is 1. The Balaban J connectivity index is 1.56. The average Bonchev–Trinajstić information content (AvgIpc) is 3.09. The summed E-state index contributed by atoms with van der Waals surface area (Å²) < 4.78 is 0. The van der Waals surface area contributed by atoms with Crippen LogP contribution in [0.5, 0.6) is 0 Å². The molecule has 4 aromatic rings. The summed E-state index contributed by atoms with van der Waals surface area (Å²) in [4.78, 5) is 29.9. The minimum atomic E-state index is -0.533. The van der Waals surface area contributed by atoms with Gasteiger partial charge in [0.2, 0.25) is 0 Å². The Morgan fingerprint density at radius 3 is 1.97 bits per heavy atom. The third-order valence-electron chi connectivity index (χ3n) is 7.11. The number of nitrogens with zero attached hydrogens (tertiary/aromatic N) is 1. The summed E-state index contributed by atoms with van der Waals surface area (Å²) in [5.74, 6) is 0.0282. The quantitative estimate of drug-likeness (QED) is 0.354. The minimum absolute atomic E-state index is 0.0742. The number of ketones is 1. The van der Waals surface area contributed by atoms with E-state index >= 15 is 0 Å². The van der Waals surface area contributed by atoms with Crippen molar-refractivity contribution in [2.24, 2.45) is 0 Å². The molecule has 1 amide bonds. The Bertz CT molecular complexity index is 1450. The number of carbonyl (C=O) groups is 2. The van der Waals surface area contributed by atoms with Crippen molar-refractivity contribution in [3.05, 3.63) is 143 Å². The second kappa shape index (κ2) is 9.31. The number of para-hydroxylation sites is 2. The number of rotatable bonds is 3. The van der Waals surface area contributed by atoms with Crippen LogP contribution in [0, 0.1) is 0 Å². The first kappa shape index (κ1) is 22.1. The van der Waals surface area contributed by atoms with E-state index in [0.29, 0.717) is 24.0 Å². The van der Waals surface area contributed by atoms with Gasteiger partial charge in [0.1, 0.15) is 0 Å². The number of hydrogen-bond donors (Lipinski definition) is 1. The molecule has 1 aliphatic carbocycles. The third kappa shape index (κ3) is 3.91. The highest BCUT2D eigenvalue weighted by molar-refractivity contribution is 6.12. The summed E-state index contributed by atoms with van der Waals surface area (Å²) in [5.41, 5.74) is 5.82. The fourth-order valence-corrected chi connectivity index (χ4v) is 5.45. The monoisotopic (exact) mass is 470 g/mol. The molecule has 0 unspecified atom stereocenters. The first-order valence-corrected chi connectivity index (χ1v) is 12.3. The fourth-order valence-electron chi connectivity index (χ4n) is 5.45. The molecule has 6 rings (SSSR count). The van der Waals surface area contributed by atoms with Crippen LogP contribution >= 0.6 is 0 Å². The number of carbonyl (C=O) groups excluding carboxylic acids is 2. The molecule has 0 radical (unpaired) electrons. The molecule has 4 aromatic carbocycles. The zero-order chi connectivity index (χ0) is 24.5. The predicted octanol–water partition coefficient (Wildman–Crippen LogP) is 6.90. The van der Waals surface area contributed by atoms with Crippen LogP contribution in [0.1, 0.15) is 46.3 Å². The van der Waals surface area contributed by atoms with E-state index in [-0.39, 0.29) is 17.6 Å². The molecule has 0 saturated carbocycles. The first-order valence-electron chi connectivity index (χ1n) is 12.3. The standard InChI is InChI=1S/C32H26N2O2/c35-29-21-25(22-12-4-1-5-13-22)20-27-30(29)31(23-14-6-2-7-15-23)34(28-19-11-10-18-26(28)33-27)32(36)24-16-8-3-9-17-24/h1-19,25,31,33H,20-21H2/t25-,31+/m0/s1. The van der Waals surface area contributed by atoms with E-state index in [1.54, 1.807) is 4.90 Å². The van der Waals surface area contributed by atoms with Crippen molar-refractivity contribution in [3.8, 4) is 0 Å². The van der Waals surface area contributed by atoms with Crippen molar-refractivity contribution >= 4 is 23.1 Å². The molecule has 1 N–H and O–H groups in total. The molecule has 0 aromatic heterocycles. The number of Topliss-reactive ketones (excluding diaryl/α,β-unsaturated/α-hetero) is 1. The molecule has 4 nitrogen and oxygen atoms in total. The van der Waals surface area contributed by atoms with Gasteiger partial charge in [-0.25, -0.2) is 0 Å². The van der Waals surface area contributed by atoms with Crippen molar-refractivity contribution in [2.45, 2.75) is 24.8 Å². The lowest BCUT2D eigenvalue weighted by Gasteiger charge is -2.35. The molecule has 4 heteroatoms. The van der Waals surface area contributed by atoms with Gasteiger partial charge < -0.3 is 5.32 Å². The van der Waals surface area contributed by atoms with E-state index in [2.05, 4.69) is 17.4 Å². The first-order chi connectivity index (χ1) is 17.7. The van der Waals surface area contributed by atoms with Gasteiger partial charge in [-0.3, -0.25) is 14.5 Å². The number of allylic oxidation sites excluding steroid dienone is 1. The summed E-state index contributed by atoms with van der Waals surface area (Å²) >= 11 is 0. The highest BCUT2D eigenvalue weighted by Gasteiger charge is 2.41. The molecule has 2 aliphatic rings. The summed E-state index contributed by atoms with van der Waals surface area (Å²) in [6.45, 7) is 0. The zero-order valence-corrected chi connectivity index (χ0v) is 19.8. The molecular weight excluding hydrogens is 444 g/mol. The lowest BCUT2D eigenvalue weighted by Crippen LogP contribution is -2.38. The largest absolute Gasteiger partial charge is 0.357 e. The van der Waals surface area contributed by atoms with E-state index in [9.17, 15) is 9.59 Å². The highest BCUT2D eigenvalue weighted by Crippen LogP contribution is 2.47. The van der Waals surface area contributed by atoms with E-state index in [0.717, 1.165) is 28.2 Å². The summed E-state index contributed by atoms with van der Waals surface area (Å²) in [6, 6.07) is 36.7. The summed E-state index contributed by atoms with van der Waals surface area (Å²) in [7, 11) is 0. The predicted molar refractivity (Wildman–Crippen MR) is 143 cm³/mol. The zero-order valence-electron chi connectivity index (χ0n) is 19.8. The Hall–Kier alpha value is -4.44. The maximum atomic E-state index is 14.1. The Morgan fingerprint density at radius 2 is 1.28 bits per heavy atom. The number of benzene rings is 4. The molecular formula is C32H26N2O2. The van der Waals surface area contributed by atoms with Crippen LogP contribution in [0.3, 0.4) is 0 Å². The van der Waals surface area contributed by atoms with Gasteiger partial charge in [0.15, 0.2) is 5.78 Å². The molecule has 0 bridgehead atoms. The molecule has 0 spiro atoms. The van der Waals surface area contributed by atoms with Crippen LogP contribution in [0.25, 0.3) is 0 Å². The summed E-state index contributed by atoms with van der Waals surface area (Å²) in [6.07, 6.45) is 1.12. The molecule has 36 heavy (non-hydrogen) atoms. The van der Waals surface area contributed by atoms with E-state index < -0.39 is 6.04 Å². The molecule has 0 fully saturated rings. The van der Waals surface area contributed by atoms with E-state index in [1.807, 2.05) is 103 Å². The van der Waals surface area contributed by atoms with Crippen LogP contribution < -0.4 is 10.2 Å². The molecule has 1 heterocycles. The van der Waals surface area contributed by atoms with Crippen molar-refractivity contribution in [3.63, 3.8) is 0 Å². The van der Waals surface area contributed by atoms with Crippen molar-refractivity contribution in [2.75, 3.05) is 10.2 Å². The number of amides is 1. The van der Waals surface area contributed by atoms with E-state index in [1.165, 1.54) is 0 Å². The van der Waals surface area contributed by atoms with Crippen LogP contribution in [0.4, 0.5) is 11.4 Å². The van der Waals surface area contributed by atoms with Crippen LogP contribution in [-0.2, 0) is 4.79 Å². The maximum absolute atomic E-state index is 14.1. The topological polar surface area (TPSA) is 49.4 Å². The van der Waals surface area contributed by atoms with Crippen molar-refractivity contribution in [1.82, 2.24) is 0 Å². The summed E-state index contributed by atoms with van der Waals surface area (Å²) in [5, 5.41) is 3.59. The van der Waals surface area contributed by atoms with Gasteiger partial charge in [-0.2, -0.15) is 0 Å². The van der Waals surface area contributed by atoms with Crippen molar-refractivity contribution < 1.29 is 9.59 Å². The SMILES string of the molecule is O=C1C[C@@H](c2ccccc2)CC2=C1[C@@H](c1ccccc1)N(C(=O)c1ccccc1)c1ccccc1N2. The Labute approximate surface area is 210 Å². The maximum Gasteiger partial charge on any atom is 0.259 e. The van der Waals surface area contributed by atoms with Gasteiger partial charge in [0, 0.05) is 23.3 Å². The molecule has 0 saturated heterocycles. The van der Waals surface area contributed by atoms with Gasteiger partial charge in [-0.15, -0.1) is 0 Å². The Kier molecular flexibility index (Phi) is 5.70. The molecule has 1 aliphatic heterocycles. The van der Waals surface area contributed by atoms with E-state index in [4.69, 9.17) is 0 Å². The number of hydrogen-bond acceptors (Lipinski definition) is 3. The van der Waals surface area contributed by atoms with Crippen LogP contribution in [0.2, 0.25) is 0 Å². The van der Waals surface area contributed by atoms with Gasteiger partial charge in [-0.1, -0.05) is 91.0 Å². The highest BCUT2D eigenvalue weighted by atomic mass is 16.2.